The molecule has 0 fully saturated rings. The van der Waals surface area contributed by atoms with Crippen LogP contribution in [0.5, 0.6) is 0 Å². The molecular formula is C10H16N2O2S. The number of carbonyl (C=O) groups is 1. The Morgan fingerprint density at radius 3 is 2.87 bits per heavy atom. The van der Waals surface area contributed by atoms with Crippen molar-refractivity contribution in [3.05, 3.63) is 23.2 Å². The molecule has 0 aromatic carbocycles. The lowest BCUT2D eigenvalue weighted by Crippen LogP contribution is -2.29. The molecule has 1 amide bonds. The van der Waals surface area contributed by atoms with Gasteiger partial charge in [0.05, 0.1) is 0 Å². The van der Waals surface area contributed by atoms with Gasteiger partial charge in [-0.3, -0.25) is 10.2 Å². The zero-order valence-electron chi connectivity index (χ0n) is 9.16. The van der Waals surface area contributed by atoms with Crippen LogP contribution in [0.3, 0.4) is 0 Å². The van der Waals surface area contributed by atoms with Crippen molar-refractivity contribution in [2.45, 2.75) is 31.8 Å². The molecule has 3 N–H and O–H groups in total. The number of nitrogens with one attached hydrogen (secondary N) is 1. The van der Waals surface area contributed by atoms with E-state index in [1.807, 2.05) is 24.1 Å². The minimum atomic E-state index is -0.390. The van der Waals surface area contributed by atoms with Gasteiger partial charge in [0.2, 0.25) is 0 Å². The largest absolute Gasteiger partial charge is 0.456 e. The number of nitrogen functional groups attached to an aromatic ring is 1. The Bertz CT molecular complexity index is 347. The molecule has 0 aliphatic rings. The van der Waals surface area contributed by atoms with E-state index in [2.05, 4.69) is 13.8 Å². The number of aryl methyl sites for hydroxylation is 1. The maximum Gasteiger partial charge on any atom is 0.300 e. The van der Waals surface area contributed by atoms with Crippen LogP contribution in [0.25, 0.3) is 0 Å². The van der Waals surface area contributed by atoms with E-state index in [4.69, 9.17) is 10.3 Å². The predicted molar refractivity (Wildman–Crippen MR) is 61.5 cm³/mol. The third kappa shape index (κ3) is 3.28. The minimum absolute atomic E-state index is 0.273. The average molecular weight is 228 g/mol. The molecule has 84 valence electrons. The van der Waals surface area contributed by atoms with E-state index in [-0.39, 0.29) is 11.7 Å². The number of hydrazine groups is 1. The topological polar surface area (TPSA) is 68.3 Å². The Morgan fingerprint density at radius 1 is 1.67 bits per heavy atom. The van der Waals surface area contributed by atoms with Crippen molar-refractivity contribution in [3.63, 3.8) is 0 Å². The van der Waals surface area contributed by atoms with Gasteiger partial charge < -0.3 is 4.42 Å². The van der Waals surface area contributed by atoms with Crippen LogP contribution >= 0.6 is 11.8 Å². The van der Waals surface area contributed by atoms with Gasteiger partial charge in [-0.2, -0.15) is 11.8 Å². The number of nitrogens with two attached hydrogens (primary N) is 1. The summed E-state index contributed by atoms with van der Waals surface area (Å²) >= 11 is 1.81. The molecular weight excluding hydrogens is 212 g/mol. The maximum absolute atomic E-state index is 11.2. The minimum Gasteiger partial charge on any atom is -0.456 e. The van der Waals surface area contributed by atoms with Crippen molar-refractivity contribution < 1.29 is 9.21 Å². The molecule has 0 radical (unpaired) electrons. The van der Waals surface area contributed by atoms with E-state index in [0.29, 0.717) is 5.25 Å². The fourth-order valence-corrected chi connectivity index (χ4v) is 1.90. The first-order chi connectivity index (χ1) is 7.04. The van der Waals surface area contributed by atoms with E-state index in [9.17, 15) is 4.79 Å². The lowest BCUT2D eigenvalue weighted by molar-refractivity contribution is 0.0924. The molecule has 0 aliphatic heterocycles. The van der Waals surface area contributed by atoms with E-state index in [1.54, 1.807) is 6.07 Å². The molecule has 0 saturated carbocycles. The van der Waals surface area contributed by atoms with E-state index in [0.717, 1.165) is 17.1 Å². The van der Waals surface area contributed by atoms with Crippen LogP contribution in [0, 0.1) is 6.92 Å². The third-order valence-corrected chi connectivity index (χ3v) is 3.09. The standard InChI is InChI=1S/C10H16N2O2S/c1-6(2)15-5-8-4-9(10(13)12-11)14-7(8)3/h4,6H,5,11H2,1-3H3,(H,12,13). The van der Waals surface area contributed by atoms with Crippen molar-refractivity contribution in [1.29, 1.82) is 0 Å². The summed E-state index contributed by atoms with van der Waals surface area (Å²) in [6.07, 6.45) is 0. The van der Waals surface area contributed by atoms with Crippen molar-refractivity contribution in [2.75, 3.05) is 0 Å². The Balaban J connectivity index is 2.73. The summed E-state index contributed by atoms with van der Waals surface area (Å²) in [5, 5.41) is 0.561. The molecule has 15 heavy (non-hydrogen) atoms. The molecule has 0 spiro atoms. The summed E-state index contributed by atoms with van der Waals surface area (Å²) in [6, 6.07) is 1.74. The molecule has 0 unspecified atom stereocenters. The highest BCUT2D eigenvalue weighted by Gasteiger charge is 2.13. The number of furan rings is 1. The first-order valence-electron chi connectivity index (χ1n) is 4.76. The number of rotatable bonds is 4. The summed E-state index contributed by atoms with van der Waals surface area (Å²) in [4.78, 5) is 11.2. The molecule has 4 nitrogen and oxygen atoms in total. The molecule has 1 rings (SSSR count). The van der Waals surface area contributed by atoms with Crippen molar-refractivity contribution >= 4 is 17.7 Å². The highest BCUT2D eigenvalue weighted by Crippen LogP contribution is 2.22. The van der Waals surface area contributed by atoms with Crippen LogP contribution in [-0.2, 0) is 5.75 Å². The zero-order valence-corrected chi connectivity index (χ0v) is 9.98. The summed E-state index contributed by atoms with van der Waals surface area (Å²) in [5.41, 5.74) is 3.10. The molecule has 5 heteroatoms. The summed E-state index contributed by atoms with van der Waals surface area (Å²) in [6.45, 7) is 6.12. The van der Waals surface area contributed by atoms with Crippen molar-refractivity contribution in [3.8, 4) is 0 Å². The molecule has 1 aromatic heterocycles. The van der Waals surface area contributed by atoms with Crippen LogP contribution in [-0.4, -0.2) is 11.2 Å². The van der Waals surface area contributed by atoms with Gasteiger partial charge in [0.1, 0.15) is 5.76 Å². The molecule has 0 atom stereocenters. The monoisotopic (exact) mass is 228 g/mol. The van der Waals surface area contributed by atoms with E-state index < -0.39 is 0 Å². The second kappa shape index (κ2) is 5.23. The van der Waals surface area contributed by atoms with Crippen LogP contribution < -0.4 is 11.3 Å². The molecule has 0 saturated heterocycles. The summed E-state index contributed by atoms with van der Waals surface area (Å²) < 4.78 is 5.29. The van der Waals surface area contributed by atoms with Crippen LogP contribution in [0.15, 0.2) is 10.5 Å². The molecule has 1 aromatic rings. The van der Waals surface area contributed by atoms with Gasteiger partial charge in [0, 0.05) is 11.3 Å². The molecule has 0 aliphatic carbocycles. The normalized spacial score (nSPS) is 10.7. The Morgan fingerprint density at radius 2 is 2.33 bits per heavy atom. The number of hydrogen-bond donors (Lipinski definition) is 2. The number of carbonyl (C=O) groups excluding carboxylic acids is 1. The molecule has 1 heterocycles. The first kappa shape index (κ1) is 12.1. The smallest absolute Gasteiger partial charge is 0.300 e. The van der Waals surface area contributed by atoms with Crippen LogP contribution in [0.2, 0.25) is 0 Å². The van der Waals surface area contributed by atoms with Gasteiger partial charge in [-0.05, 0) is 18.2 Å². The van der Waals surface area contributed by atoms with Crippen LogP contribution in [0.4, 0.5) is 0 Å². The van der Waals surface area contributed by atoms with Gasteiger partial charge >= 0.3 is 5.91 Å². The Hall–Kier alpha value is -0.940. The first-order valence-corrected chi connectivity index (χ1v) is 5.81. The lowest BCUT2D eigenvalue weighted by Gasteiger charge is -2.02. The van der Waals surface area contributed by atoms with Crippen LogP contribution in [0.1, 0.15) is 35.7 Å². The Labute approximate surface area is 93.6 Å². The maximum atomic E-state index is 11.2. The highest BCUT2D eigenvalue weighted by atomic mass is 32.2. The van der Waals surface area contributed by atoms with E-state index >= 15 is 0 Å². The van der Waals surface area contributed by atoms with Crippen molar-refractivity contribution in [2.24, 2.45) is 5.84 Å². The summed E-state index contributed by atoms with van der Waals surface area (Å²) in [5.74, 6) is 6.53. The zero-order chi connectivity index (χ0) is 11.4. The highest BCUT2D eigenvalue weighted by molar-refractivity contribution is 7.99. The van der Waals surface area contributed by atoms with Gasteiger partial charge in [-0.15, -0.1) is 0 Å². The fraction of sp³-hybridized carbons (Fsp3) is 0.500. The third-order valence-electron chi connectivity index (χ3n) is 1.95. The number of amides is 1. The SMILES string of the molecule is Cc1oc(C(=O)NN)cc1CSC(C)C. The lowest BCUT2D eigenvalue weighted by atomic mass is 10.3. The quantitative estimate of drug-likeness (QED) is 0.468. The number of hydrogen-bond acceptors (Lipinski definition) is 4. The van der Waals surface area contributed by atoms with Crippen molar-refractivity contribution in [1.82, 2.24) is 5.43 Å². The molecule has 0 bridgehead atoms. The second-order valence-electron chi connectivity index (χ2n) is 3.53. The van der Waals surface area contributed by atoms with E-state index in [1.165, 1.54) is 0 Å². The Kier molecular flexibility index (Phi) is 4.23. The average Bonchev–Trinajstić information content (AvgIpc) is 2.55. The second-order valence-corrected chi connectivity index (χ2v) is 5.09. The fourth-order valence-electron chi connectivity index (χ4n) is 1.10. The number of thioether (sulfide) groups is 1. The summed E-state index contributed by atoms with van der Waals surface area (Å²) in [7, 11) is 0. The van der Waals surface area contributed by atoms with Gasteiger partial charge in [0.25, 0.3) is 0 Å². The predicted octanol–water partition coefficient (Wildman–Crippen LogP) is 1.83. The van der Waals surface area contributed by atoms with Gasteiger partial charge in [0.15, 0.2) is 5.76 Å². The van der Waals surface area contributed by atoms with Gasteiger partial charge in [-0.1, -0.05) is 13.8 Å². The van der Waals surface area contributed by atoms with Gasteiger partial charge in [-0.25, -0.2) is 5.84 Å².